The molecule has 1 aliphatic rings. The maximum atomic E-state index is 12.6. The average molecular weight is 364 g/mol. The fourth-order valence-corrected chi connectivity index (χ4v) is 3.06. The number of carbonyl (C=O) groups is 2. The number of benzene rings is 2. The Hall–Kier alpha value is -3.46. The second-order valence-corrected chi connectivity index (χ2v) is 6.16. The third-order valence-electron chi connectivity index (χ3n) is 4.47. The topological polar surface area (TPSA) is 67.9 Å². The van der Waals surface area contributed by atoms with Crippen molar-refractivity contribution in [3.05, 3.63) is 48.0 Å². The first-order valence-electron chi connectivity index (χ1n) is 8.45. The second kappa shape index (κ2) is 7.83. The van der Waals surface area contributed by atoms with Crippen LogP contribution in [0.1, 0.15) is 12.0 Å². The molecule has 1 saturated heterocycles. The molecule has 2 aromatic rings. The zero-order valence-corrected chi connectivity index (χ0v) is 15.2. The summed E-state index contributed by atoms with van der Waals surface area (Å²) in [6.07, 6.45) is 5.52. The van der Waals surface area contributed by atoms with Gasteiger partial charge in [0.05, 0.1) is 25.8 Å². The van der Waals surface area contributed by atoms with Gasteiger partial charge >= 0.3 is 0 Å². The predicted octanol–water partition coefficient (Wildman–Crippen LogP) is 2.68. The summed E-state index contributed by atoms with van der Waals surface area (Å²) in [5.74, 6) is 2.88. The van der Waals surface area contributed by atoms with E-state index in [2.05, 4.69) is 11.2 Å². The lowest BCUT2D eigenvalue weighted by Gasteiger charge is -2.20. The van der Waals surface area contributed by atoms with Crippen LogP contribution in [-0.2, 0) is 9.59 Å². The normalized spacial score (nSPS) is 16.0. The van der Waals surface area contributed by atoms with E-state index in [1.54, 1.807) is 54.5 Å². The van der Waals surface area contributed by atoms with Crippen LogP contribution in [0.5, 0.6) is 11.5 Å². The lowest BCUT2D eigenvalue weighted by atomic mass is 10.1. The molecule has 0 aliphatic carbocycles. The Balaban J connectivity index is 1.75. The van der Waals surface area contributed by atoms with E-state index in [4.69, 9.17) is 15.9 Å². The van der Waals surface area contributed by atoms with Gasteiger partial charge in [-0.25, -0.2) is 0 Å². The molecule has 0 saturated carbocycles. The number of anilines is 2. The summed E-state index contributed by atoms with van der Waals surface area (Å²) >= 11 is 0. The van der Waals surface area contributed by atoms with Crippen LogP contribution in [0, 0.1) is 18.3 Å². The van der Waals surface area contributed by atoms with Gasteiger partial charge in [0, 0.05) is 30.3 Å². The van der Waals surface area contributed by atoms with Crippen molar-refractivity contribution >= 4 is 23.2 Å². The standard InChI is InChI=1S/C21H20N2O4/c1-4-14-6-5-7-16(10-14)22-21(25)15-11-20(24)23(13-15)18-9-8-17(26-2)12-19(18)27-3/h1,5-10,12,15H,11,13H2,2-3H3,(H,22,25). The third kappa shape index (κ3) is 3.87. The average Bonchev–Trinajstić information content (AvgIpc) is 3.09. The molecule has 6 heteroatoms. The highest BCUT2D eigenvalue weighted by molar-refractivity contribution is 6.04. The quantitative estimate of drug-likeness (QED) is 0.829. The number of carbonyl (C=O) groups excluding carboxylic acids is 2. The maximum Gasteiger partial charge on any atom is 0.229 e. The van der Waals surface area contributed by atoms with Crippen molar-refractivity contribution in [3.8, 4) is 23.8 Å². The van der Waals surface area contributed by atoms with Crippen LogP contribution in [0.25, 0.3) is 0 Å². The molecule has 1 fully saturated rings. The number of hydrogen-bond donors (Lipinski definition) is 1. The van der Waals surface area contributed by atoms with Crippen molar-refractivity contribution in [2.24, 2.45) is 5.92 Å². The zero-order chi connectivity index (χ0) is 19.4. The molecular formula is C21H20N2O4. The molecule has 138 valence electrons. The number of rotatable bonds is 5. The van der Waals surface area contributed by atoms with Gasteiger partial charge in [-0.1, -0.05) is 12.0 Å². The molecule has 2 aromatic carbocycles. The number of hydrogen-bond acceptors (Lipinski definition) is 4. The molecule has 1 unspecified atom stereocenters. The smallest absolute Gasteiger partial charge is 0.229 e. The number of ether oxygens (including phenoxy) is 2. The lowest BCUT2D eigenvalue weighted by molar-refractivity contribution is -0.122. The summed E-state index contributed by atoms with van der Waals surface area (Å²) in [7, 11) is 3.09. The van der Waals surface area contributed by atoms with Crippen LogP contribution in [0.15, 0.2) is 42.5 Å². The van der Waals surface area contributed by atoms with Gasteiger partial charge in [-0.3, -0.25) is 9.59 Å². The van der Waals surface area contributed by atoms with Crippen LogP contribution < -0.4 is 19.7 Å². The summed E-state index contributed by atoms with van der Waals surface area (Å²) in [4.78, 5) is 26.7. The largest absolute Gasteiger partial charge is 0.497 e. The molecule has 1 aliphatic heterocycles. The monoisotopic (exact) mass is 364 g/mol. The van der Waals surface area contributed by atoms with E-state index in [1.165, 1.54) is 7.11 Å². The molecule has 1 atom stereocenters. The van der Waals surface area contributed by atoms with Crippen LogP contribution in [0.3, 0.4) is 0 Å². The van der Waals surface area contributed by atoms with Gasteiger partial charge in [-0.05, 0) is 30.3 Å². The summed E-state index contributed by atoms with van der Waals surface area (Å²) in [6.45, 7) is 0.280. The molecule has 27 heavy (non-hydrogen) atoms. The number of nitrogens with zero attached hydrogens (tertiary/aromatic N) is 1. The van der Waals surface area contributed by atoms with Gasteiger partial charge in [-0.15, -0.1) is 6.42 Å². The van der Waals surface area contributed by atoms with Crippen molar-refractivity contribution < 1.29 is 19.1 Å². The van der Waals surface area contributed by atoms with Crippen molar-refractivity contribution in [3.63, 3.8) is 0 Å². The minimum atomic E-state index is -0.459. The van der Waals surface area contributed by atoms with E-state index in [0.717, 1.165) is 0 Å². The highest BCUT2D eigenvalue weighted by atomic mass is 16.5. The molecular weight excluding hydrogens is 344 g/mol. The molecule has 0 aromatic heterocycles. The Morgan fingerprint density at radius 2 is 2.04 bits per heavy atom. The molecule has 2 amide bonds. The minimum Gasteiger partial charge on any atom is -0.497 e. The van der Waals surface area contributed by atoms with Crippen molar-refractivity contribution in [2.45, 2.75) is 6.42 Å². The van der Waals surface area contributed by atoms with Crippen molar-refractivity contribution in [1.29, 1.82) is 0 Å². The summed E-state index contributed by atoms with van der Waals surface area (Å²) in [5.41, 5.74) is 1.91. The second-order valence-electron chi connectivity index (χ2n) is 6.16. The fraction of sp³-hybridized carbons (Fsp3) is 0.238. The molecule has 1 heterocycles. The molecule has 1 N–H and O–H groups in total. The number of nitrogens with one attached hydrogen (secondary N) is 1. The summed E-state index contributed by atoms with van der Waals surface area (Å²) in [5, 5.41) is 2.83. The van der Waals surface area contributed by atoms with Gasteiger partial charge in [0.15, 0.2) is 0 Å². The number of methoxy groups -OCH3 is 2. The first-order chi connectivity index (χ1) is 13.0. The first kappa shape index (κ1) is 18.3. The van der Waals surface area contributed by atoms with Crippen LogP contribution in [0.2, 0.25) is 0 Å². The summed E-state index contributed by atoms with van der Waals surface area (Å²) in [6, 6.07) is 12.3. The van der Waals surface area contributed by atoms with Gasteiger partial charge in [0.2, 0.25) is 11.8 Å². The van der Waals surface area contributed by atoms with Gasteiger partial charge < -0.3 is 19.7 Å². The first-order valence-corrected chi connectivity index (χ1v) is 8.45. The van der Waals surface area contributed by atoms with Crippen molar-refractivity contribution in [1.82, 2.24) is 0 Å². The lowest BCUT2D eigenvalue weighted by Crippen LogP contribution is -2.28. The van der Waals surface area contributed by atoms with Crippen LogP contribution in [-0.4, -0.2) is 32.6 Å². The molecule has 0 spiro atoms. The van der Waals surface area contributed by atoms with E-state index in [9.17, 15) is 9.59 Å². The maximum absolute atomic E-state index is 12.6. The van der Waals surface area contributed by atoms with Crippen LogP contribution >= 0.6 is 0 Å². The van der Waals surface area contributed by atoms with E-state index >= 15 is 0 Å². The number of amides is 2. The predicted molar refractivity (Wildman–Crippen MR) is 103 cm³/mol. The molecule has 3 rings (SSSR count). The third-order valence-corrected chi connectivity index (χ3v) is 4.47. The van der Waals surface area contributed by atoms with E-state index in [-0.39, 0.29) is 24.8 Å². The van der Waals surface area contributed by atoms with Crippen LogP contribution in [0.4, 0.5) is 11.4 Å². The van der Waals surface area contributed by atoms with E-state index in [1.807, 2.05) is 0 Å². The minimum absolute atomic E-state index is 0.129. The summed E-state index contributed by atoms with van der Waals surface area (Å²) < 4.78 is 10.6. The number of terminal acetylenes is 1. The van der Waals surface area contributed by atoms with E-state index in [0.29, 0.717) is 28.4 Å². The molecule has 6 nitrogen and oxygen atoms in total. The Morgan fingerprint density at radius 3 is 2.74 bits per heavy atom. The zero-order valence-electron chi connectivity index (χ0n) is 15.2. The highest BCUT2D eigenvalue weighted by Crippen LogP contribution is 2.36. The highest BCUT2D eigenvalue weighted by Gasteiger charge is 2.36. The van der Waals surface area contributed by atoms with Gasteiger partial charge in [0.1, 0.15) is 11.5 Å². The van der Waals surface area contributed by atoms with E-state index < -0.39 is 5.92 Å². The van der Waals surface area contributed by atoms with Gasteiger partial charge in [0.25, 0.3) is 0 Å². The Bertz CT molecular complexity index is 917. The van der Waals surface area contributed by atoms with Crippen molar-refractivity contribution in [2.75, 3.05) is 31.0 Å². The molecule has 0 radical (unpaired) electrons. The SMILES string of the molecule is C#Cc1cccc(NC(=O)C2CC(=O)N(c3ccc(OC)cc3OC)C2)c1. The van der Waals surface area contributed by atoms with Gasteiger partial charge in [-0.2, -0.15) is 0 Å². The Labute approximate surface area is 158 Å². The Kier molecular flexibility index (Phi) is 5.32. The fourth-order valence-electron chi connectivity index (χ4n) is 3.06. The molecule has 0 bridgehead atoms. The Morgan fingerprint density at radius 1 is 1.22 bits per heavy atom.